The second-order valence-corrected chi connectivity index (χ2v) is 7.90. The zero-order chi connectivity index (χ0) is 16.5. The first kappa shape index (κ1) is 16.2. The summed E-state index contributed by atoms with van der Waals surface area (Å²) >= 11 is 3.50. The van der Waals surface area contributed by atoms with Crippen LogP contribution in [-0.4, -0.2) is 42.7 Å². The van der Waals surface area contributed by atoms with E-state index in [-0.39, 0.29) is 18.1 Å². The summed E-state index contributed by atoms with van der Waals surface area (Å²) in [5.41, 5.74) is 1.05. The summed E-state index contributed by atoms with van der Waals surface area (Å²) in [7, 11) is 0. The van der Waals surface area contributed by atoms with Gasteiger partial charge in [-0.3, -0.25) is 4.90 Å². The molecule has 0 saturated carbocycles. The Labute approximate surface area is 151 Å². The number of hydrogen-bond acceptors (Lipinski definition) is 3. The maximum absolute atomic E-state index is 12.5. The van der Waals surface area contributed by atoms with Gasteiger partial charge in [0.2, 0.25) is 0 Å². The lowest BCUT2D eigenvalue weighted by atomic mass is 9.99. The third kappa shape index (κ3) is 3.26. The van der Waals surface area contributed by atoms with E-state index >= 15 is 0 Å². The minimum Gasteiger partial charge on any atom is -0.493 e. The molecule has 3 heterocycles. The van der Waals surface area contributed by atoms with Crippen LogP contribution in [0.2, 0.25) is 0 Å². The molecule has 3 atom stereocenters. The summed E-state index contributed by atoms with van der Waals surface area (Å²) in [6.45, 7) is 2.94. The lowest BCUT2D eigenvalue weighted by Gasteiger charge is -2.33. The maximum Gasteiger partial charge on any atom is 0.315 e. The molecular weight excluding hydrogens is 370 g/mol. The van der Waals surface area contributed by atoms with E-state index in [0.717, 1.165) is 35.2 Å². The molecule has 2 saturated heterocycles. The number of hydrogen-bond donors (Lipinski definition) is 2. The number of nitrogens with one attached hydrogen (secondary N) is 2. The Morgan fingerprint density at radius 2 is 2.08 bits per heavy atom. The highest BCUT2D eigenvalue weighted by atomic mass is 79.9. The zero-order valence-corrected chi connectivity index (χ0v) is 15.3. The van der Waals surface area contributed by atoms with Crippen LogP contribution >= 0.6 is 15.9 Å². The van der Waals surface area contributed by atoms with Crippen LogP contribution in [0.3, 0.4) is 0 Å². The zero-order valence-electron chi connectivity index (χ0n) is 13.8. The van der Waals surface area contributed by atoms with Crippen molar-refractivity contribution in [2.75, 3.05) is 19.7 Å². The van der Waals surface area contributed by atoms with Crippen molar-refractivity contribution in [3.05, 3.63) is 28.2 Å². The van der Waals surface area contributed by atoms with E-state index in [1.807, 2.05) is 18.2 Å². The van der Waals surface area contributed by atoms with Crippen LogP contribution in [0.15, 0.2) is 22.7 Å². The summed E-state index contributed by atoms with van der Waals surface area (Å²) in [4.78, 5) is 15.1. The van der Waals surface area contributed by atoms with Crippen molar-refractivity contribution in [1.82, 2.24) is 15.5 Å². The number of ether oxygens (including phenoxy) is 1. The lowest BCUT2D eigenvalue weighted by molar-refractivity contribution is 0.177. The molecule has 3 aliphatic rings. The Morgan fingerprint density at radius 1 is 1.17 bits per heavy atom. The van der Waals surface area contributed by atoms with Crippen molar-refractivity contribution in [2.24, 2.45) is 0 Å². The van der Waals surface area contributed by atoms with Gasteiger partial charge in [0.15, 0.2) is 0 Å². The number of carbonyl (C=O) groups excluding carboxylic acids is 1. The topological polar surface area (TPSA) is 53.6 Å². The van der Waals surface area contributed by atoms with Crippen LogP contribution in [-0.2, 0) is 0 Å². The Morgan fingerprint density at radius 3 is 3.00 bits per heavy atom. The van der Waals surface area contributed by atoms with Crippen LogP contribution in [0.5, 0.6) is 5.75 Å². The van der Waals surface area contributed by atoms with Gasteiger partial charge < -0.3 is 15.4 Å². The van der Waals surface area contributed by atoms with Crippen molar-refractivity contribution < 1.29 is 9.53 Å². The summed E-state index contributed by atoms with van der Waals surface area (Å²) in [6.07, 6.45) is 5.65. The molecule has 0 spiro atoms. The monoisotopic (exact) mass is 393 g/mol. The third-order valence-corrected chi connectivity index (χ3v) is 5.98. The first-order valence-corrected chi connectivity index (χ1v) is 9.73. The molecule has 3 aliphatic heterocycles. The first-order valence-electron chi connectivity index (χ1n) is 8.94. The lowest BCUT2D eigenvalue weighted by Crippen LogP contribution is -2.50. The van der Waals surface area contributed by atoms with Crippen molar-refractivity contribution in [2.45, 2.75) is 50.2 Å². The van der Waals surface area contributed by atoms with Gasteiger partial charge >= 0.3 is 6.03 Å². The molecule has 2 amide bonds. The smallest absolute Gasteiger partial charge is 0.315 e. The van der Waals surface area contributed by atoms with Gasteiger partial charge in [-0.2, -0.15) is 0 Å². The van der Waals surface area contributed by atoms with Crippen LogP contribution in [0.25, 0.3) is 0 Å². The van der Waals surface area contributed by atoms with Gasteiger partial charge in [0, 0.05) is 35.1 Å². The number of fused-ring (bicyclic) bond motifs is 2. The van der Waals surface area contributed by atoms with Gasteiger partial charge in [0.05, 0.1) is 12.6 Å². The number of urea groups is 1. The Balaban J connectivity index is 1.39. The van der Waals surface area contributed by atoms with Gasteiger partial charge in [0.1, 0.15) is 5.75 Å². The molecule has 24 heavy (non-hydrogen) atoms. The fourth-order valence-corrected chi connectivity index (χ4v) is 4.68. The minimum atomic E-state index is -0.0507. The number of benzene rings is 1. The second-order valence-electron chi connectivity index (χ2n) is 6.98. The molecule has 0 unspecified atom stereocenters. The predicted molar refractivity (Wildman–Crippen MR) is 96.3 cm³/mol. The van der Waals surface area contributed by atoms with Crippen molar-refractivity contribution in [1.29, 1.82) is 0 Å². The summed E-state index contributed by atoms with van der Waals surface area (Å²) in [5, 5.41) is 6.38. The number of rotatable bonds is 2. The van der Waals surface area contributed by atoms with Gasteiger partial charge in [0.25, 0.3) is 0 Å². The van der Waals surface area contributed by atoms with Crippen LogP contribution in [0, 0.1) is 0 Å². The Kier molecular flexibility index (Phi) is 4.68. The maximum atomic E-state index is 12.5. The number of carbonyl (C=O) groups is 1. The van der Waals surface area contributed by atoms with Crippen LogP contribution in [0.4, 0.5) is 4.79 Å². The Hall–Kier alpha value is -1.27. The van der Waals surface area contributed by atoms with E-state index < -0.39 is 0 Å². The second kappa shape index (κ2) is 6.92. The molecule has 1 aromatic carbocycles. The number of nitrogens with zero attached hydrogens (tertiary/aromatic N) is 1. The predicted octanol–water partition coefficient (Wildman–Crippen LogP) is 3.20. The summed E-state index contributed by atoms with van der Waals surface area (Å²) in [6, 6.07) is 6.74. The molecule has 0 bridgehead atoms. The quantitative estimate of drug-likeness (QED) is 0.810. The fourth-order valence-electron chi connectivity index (χ4n) is 4.30. The van der Waals surface area contributed by atoms with Gasteiger partial charge in [-0.05, 0) is 44.0 Å². The van der Waals surface area contributed by atoms with Gasteiger partial charge in [-0.1, -0.05) is 22.4 Å². The van der Waals surface area contributed by atoms with E-state index in [4.69, 9.17) is 4.74 Å². The van der Waals surface area contributed by atoms with Crippen LogP contribution < -0.4 is 15.4 Å². The molecule has 130 valence electrons. The molecule has 1 aromatic rings. The Bertz CT molecular complexity index is 624. The molecule has 0 radical (unpaired) electrons. The number of halogens is 1. The van der Waals surface area contributed by atoms with Crippen molar-refractivity contribution in [3.63, 3.8) is 0 Å². The normalized spacial score (nSPS) is 29.3. The molecule has 4 rings (SSSR count). The standard InChI is InChI=1S/C18H24BrN3O2/c19-12-4-5-17-13(11-12)14(7-10-24-17)20-18(23)21-15-6-9-22-8-2-1-3-16(15)22/h4-5,11,14-16H,1-3,6-10H2,(H2,20,21,23)/t14-,15+,16+/m1/s1. The minimum absolute atomic E-state index is 0.00936. The average Bonchev–Trinajstić information content (AvgIpc) is 2.98. The highest BCUT2D eigenvalue weighted by Crippen LogP contribution is 2.34. The molecule has 0 aromatic heterocycles. The molecule has 5 nitrogen and oxygen atoms in total. The SMILES string of the molecule is O=C(N[C@H]1CCN2CCCC[C@@H]12)N[C@@H]1CCOc2ccc(Br)cc21. The summed E-state index contributed by atoms with van der Waals surface area (Å²) in [5.74, 6) is 0.870. The van der Waals surface area contributed by atoms with Crippen molar-refractivity contribution in [3.8, 4) is 5.75 Å². The van der Waals surface area contributed by atoms with E-state index in [2.05, 4.69) is 31.5 Å². The van der Waals surface area contributed by atoms with Crippen molar-refractivity contribution >= 4 is 22.0 Å². The van der Waals surface area contributed by atoms with Crippen LogP contribution in [0.1, 0.15) is 43.7 Å². The molecule has 2 fully saturated rings. The number of piperidine rings is 1. The van der Waals surface area contributed by atoms with Gasteiger partial charge in [-0.15, -0.1) is 0 Å². The van der Waals surface area contributed by atoms with E-state index in [1.165, 1.54) is 25.8 Å². The molecule has 6 heteroatoms. The highest BCUT2D eigenvalue weighted by molar-refractivity contribution is 9.10. The third-order valence-electron chi connectivity index (χ3n) is 5.49. The molecule has 2 N–H and O–H groups in total. The van der Waals surface area contributed by atoms with E-state index in [9.17, 15) is 4.79 Å². The first-order chi connectivity index (χ1) is 11.7. The molecular formula is C18H24BrN3O2. The fraction of sp³-hybridized carbons (Fsp3) is 0.611. The highest BCUT2D eigenvalue weighted by Gasteiger charge is 2.36. The van der Waals surface area contributed by atoms with E-state index in [1.54, 1.807) is 0 Å². The largest absolute Gasteiger partial charge is 0.493 e. The number of amides is 2. The average molecular weight is 394 g/mol. The molecule has 0 aliphatic carbocycles. The van der Waals surface area contributed by atoms with E-state index in [0.29, 0.717) is 12.6 Å². The van der Waals surface area contributed by atoms with Gasteiger partial charge in [-0.25, -0.2) is 4.79 Å². The summed E-state index contributed by atoms with van der Waals surface area (Å²) < 4.78 is 6.70.